The fourth-order valence-corrected chi connectivity index (χ4v) is 3.13. The number of nitrogens with one attached hydrogen (secondary N) is 1. The van der Waals surface area contributed by atoms with Crippen molar-refractivity contribution in [1.82, 2.24) is 10.2 Å². The Bertz CT molecular complexity index is 222. The summed E-state index contributed by atoms with van der Waals surface area (Å²) in [7, 11) is 0. The monoisotopic (exact) mass is 194 g/mol. The Morgan fingerprint density at radius 1 is 1.50 bits per heavy atom. The predicted molar refractivity (Wildman–Crippen MR) is 60.3 cm³/mol. The van der Waals surface area contributed by atoms with Crippen molar-refractivity contribution in [1.29, 1.82) is 0 Å². The molecule has 0 radical (unpaired) electrons. The Labute approximate surface area is 87.4 Å². The second kappa shape index (κ2) is 3.67. The van der Waals surface area contributed by atoms with Gasteiger partial charge in [-0.3, -0.25) is 4.90 Å². The largest absolute Gasteiger partial charge is 0.316 e. The number of hydrogen-bond donors (Lipinski definition) is 1. The molecule has 0 aromatic rings. The van der Waals surface area contributed by atoms with Gasteiger partial charge in [-0.05, 0) is 38.6 Å². The molecule has 0 amide bonds. The third kappa shape index (κ3) is 1.51. The smallest absolute Gasteiger partial charge is 0.0197 e. The molecule has 1 N–H and O–H groups in total. The van der Waals surface area contributed by atoms with E-state index in [0.717, 1.165) is 18.3 Å². The highest BCUT2D eigenvalue weighted by Gasteiger charge is 2.48. The van der Waals surface area contributed by atoms with Crippen molar-refractivity contribution in [3.05, 3.63) is 12.7 Å². The molecule has 2 aliphatic rings. The van der Waals surface area contributed by atoms with Crippen molar-refractivity contribution in [2.45, 2.75) is 25.8 Å². The van der Waals surface area contributed by atoms with Crippen LogP contribution in [0.2, 0.25) is 0 Å². The molecular formula is C12H22N2. The third-order valence-corrected chi connectivity index (χ3v) is 4.12. The molecule has 0 aromatic carbocycles. The normalized spacial score (nSPS) is 35.9. The second-order valence-corrected chi connectivity index (χ2v) is 5.20. The Balaban J connectivity index is 2.03. The van der Waals surface area contributed by atoms with Gasteiger partial charge < -0.3 is 5.32 Å². The lowest BCUT2D eigenvalue weighted by molar-refractivity contribution is 0.142. The topological polar surface area (TPSA) is 15.3 Å². The van der Waals surface area contributed by atoms with E-state index in [4.69, 9.17) is 0 Å². The van der Waals surface area contributed by atoms with Crippen molar-refractivity contribution in [2.75, 3.05) is 26.2 Å². The molecule has 2 heteroatoms. The van der Waals surface area contributed by atoms with E-state index in [-0.39, 0.29) is 0 Å². The molecule has 2 rings (SSSR count). The lowest BCUT2D eigenvalue weighted by Crippen LogP contribution is -2.44. The SMILES string of the molecule is C=CCCN1CC2CNCC2C1(C)C. The molecule has 2 unspecified atom stereocenters. The second-order valence-electron chi connectivity index (χ2n) is 5.20. The summed E-state index contributed by atoms with van der Waals surface area (Å²) in [5.41, 5.74) is 0.386. The van der Waals surface area contributed by atoms with Crippen LogP contribution in [0.3, 0.4) is 0 Å². The van der Waals surface area contributed by atoms with Gasteiger partial charge in [0.05, 0.1) is 0 Å². The lowest BCUT2D eigenvalue weighted by Gasteiger charge is -2.35. The summed E-state index contributed by atoms with van der Waals surface area (Å²) >= 11 is 0. The fraction of sp³-hybridized carbons (Fsp3) is 0.833. The van der Waals surface area contributed by atoms with Crippen LogP contribution in [0.5, 0.6) is 0 Å². The van der Waals surface area contributed by atoms with Crippen LogP contribution < -0.4 is 5.32 Å². The molecule has 2 atom stereocenters. The maximum absolute atomic E-state index is 3.80. The standard InChI is InChI=1S/C12H22N2/c1-4-5-6-14-9-10-7-13-8-11(10)12(14,2)3/h4,10-11,13H,1,5-9H2,2-3H3. The lowest BCUT2D eigenvalue weighted by atomic mass is 9.85. The molecule has 2 heterocycles. The minimum absolute atomic E-state index is 0.386. The number of likely N-dealkylation sites (tertiary alicyclic amines) is 1. The van der Waals surface area contributed by atoms with Gasteiger partial charge in [0.1, 0.15) is 0 Å². The minimum Gasteiger partial charge on any atom is -0.316 e. The van der Waals surface area contributed by atoms with E-state index in [2.05, 4.69) is 30.6 Å². The van der Waals surface area contributed by atoms with E-state index in [0.29, 0.717) is 5.54 Å². The minimum atomic E-state index is 0.386. The fourth-order valence-electron chi connectivity index (χ4n) is 3.13. The maximum Gasteiger partial charge on any atom is 0.0197 e. The van der Waals surface area contributed by atoms with Gasteiger partial charge in [-0.1, -0.05) is 6.08 Å². The van der Waals surface area contributed by atoms with Crippen molar-refractivity contribution in [3.8, 4) is 0 Å². The summed E-state index contributed by atoms with van der Waals surface area (Å²) in [6.07, 6.45) is 3.15. The molecule has 80 valence electrons. The Morgan fingerprint density at radius 2 is 2.29 bits per heavy atom. The van der Waals surface area contributed by atoms with Gasteiger partial charge in [0.25, 0.3) is 0 Å². The van der Waals surface area contributed by atoms with Gasteiger partial charge >= 0.3 is 0 Å². The van der Waals surface area contributed by atoms with Gasteiger partial charge in [0, 0.05) is 25.2 Å². The molecule has 0 aliphatic carbocycles. The quantitative estimate of drug-likeness (QED) is 0.685. The number of nitrogens with zero attached hydrogens (tertiary/aromatic N) is 1. The molecule has 0 bridgehead atoms. The first-order valence-electron chi connectivity index (χ1n) is 5.73. The van der Waals surface area contributed by atoms with Gasteiger partial charge in [0.2, 0.25) is 0 Å². The highest BCUT2D eigenvalue weighted by molar-refractivity contribution is 5.04. The molecule has 2 saturated heterocycles. The van der Waals surface area contributed by atoms with Crippen LogP contribution in [0.1, 0.15) is 20.3 Å². The molecule has 2 nitrogen and oxygen atoms in total. The Kier molecular flexibility index (Phi) is 2.67. The number of hydrogen-bond acceptors (Lipinski definition) is 2. The zero-order chi connectivity index (χ0) is 10.2. The molecule has 2 aliphatic heterocycles. The van der Waals surface area contributed by atoms with E-state index < -0.39 is 0 Å². The number of rotatable bonds is 3. The van der Waals surface area contributed by atoms with Crippen molar-refractivity contribution < 1.29 is 0 Å². The summed E-state index contributed by atoms with van der Waals surface area (Å²) in [6.45, 7) is 13.5. The van der Waals surface area contributed by atoms with Gasteiger partial charge in [-0.15, -0.1) is 6.58 Å². The summed E-state index contributed by atoms with van der Waals surface area (Å²) < 4.78 is 0. The molecule has 14 heavy (non-hydrogen) atoms. The van der Waals surface area contributed by atoms with E-state index in [1.165, 1.54) is 26.2 Å². The molecular weight excluding hydrogens is 172 g/mol. The predicted octanol–water partition coefficient (Wildman–Crippen LogP) is 1.49. The summed E-state index contributed by atoms with van der Waals surface area (Å²) in [5, 5.41) is 3.51. The van der Waals surface area contributed by atoms with E-state index in [9.17, 15) is 0 Å². The first-order chi connectivity index (χ1) is 6.66. The van der Waals surface area contributed by atoms with Crippen molar-refractivity contribution in [3.63, 3.8) is 0 Å². The third-order valence-electron chi connectivity index (χ3n) is 4.12. The summed E-state index contributed by atoms with van der Waals surface area (Å²) in [6, 6.07) is 0. The van der Waals surface area contributed by atoms with Crippen molar-refractivity contribution in [2.24, 2.45) is 11.8 Å². The van der Waals surface area contributed by atoms with Crippen LogP contribution in [0, 0.1) is 11.8 Å². The highest BCUT2D eigenvalue weighted by Crippen LogP contribution is 2.40. The van der Waals surface area contributed by atoms with E-state index in [1.807, 2.05) is 6.08 Å². The average molecular weight is 194 g/mol. The Morgan fingerprint density at radius 3 is 2.93 bits per heavy atom. The Hall–Kier alpha value is -0.340. The average Bonchev–Trinajstić information content (AvgIpc) is 2.66. The van der Waals surface area contributed by atoms with Gasteiger partial charge in [-0.25, -0.2) is 0 Å². The first kappa shape index (κ1) is 10.2. The van der Waals surface area contributed by atoms with Crippen LogP contribution >= 0.6 is 0 Å². The zero-order valence-corrected chi connectivity index (χ0v) is 9.42. The van der Waals surface area contributed by atoms with Crippen LogP contribution in [0.15, 0.2) is 12.7 Å². The highest BCUT2D eigenvalue weighted by atomic mass is 15.2. The van der Waals surface area contributed by atoms with Crippen LogP contribution in [0.4, 0.5) is 0 Å². The van der Waals surface area contributed by atoms with Crippen LogP contribution in [-0.4, -0.2) is 36.6 Å². The molecule has 0 aromatic heterocycles. The first-order valence-corrected chi connectivity index (χ1v) is 5.73. The van der Waals surface area contributed by atoms with Crippen LogP contribution in [0.25, 0.3) is 0 Å². The molecule has 0 spiro atoms. The van der Waals surface area contributed by atoms with Crippen LogP contribution in [-0.2, 0) is 0 Å². The van der Waals surface area contributed by atoms with Crippen molar-refractivity contribution >= 4 is 0 Å². The summed E-state index contributed by atoms with van der Waals surface area (Å²) in [5.74, 6) is 1.74. The molecule has 2 fully saturated rings. The molecule has 0 saturated carbocycles. The van der Waals surface area contributed by atoms with Gasteiger partial charge in [-0.2, -0.15) is 0 Å². The summed E-state index contributed by atoms with van der Waals surface area (Å²) in [4.78, 5) is 2.64. The van der Waals surface area contributed by atoms with E-state index in [1.54, 1.807) is 0 Å². The van der Waals surface area contributed by atoms with Gasteiger partial charge in [0.15, 0.2) is 0 Å². The number of fused-ring (bicyclic) bond motifs is 1. The zero-order valence-electron chi connectivity index (χ0n) is 9.42. The maximum atomic E-state index is 3.80. The van der Waals surface area contributed by atoms with E-state index >= 15 is 0 Å².